The highest BCUT2D eigenvalue weighted by Gasteiger charge is 1.94. The lowest BCUT2D eigenvalue weighted by Gasteiger charge is -2.04. The van der Waals surface area contributed by atoms with Crippen molar-refractivity contribution in [2.45, 2.75) is 6.92 Å². The van der Waals surface area contributed by atoms with Gasteiger partial charge in [-0.2, -0.15) is 0 Å². The van der Waals surface area contributed by atoms with Crippen molar-refractivity contribution >= 4 is 11.5 Å². The first-order valence-electron chi connectivity index (χ1n) is 4.44. The number of anilines is 2. The van der Waals surface area contributed by atoms with Crippen molar-refractivity contribution < 1.29 is 0 Å². The van der Waals surface area contributed by atoms with Crippen LogP contribution in [0.5, 0.6) is 0 Å². The molecule has 1 heterocycles. The summed E-state index contributed by atoms with van der Waals surface area (Å²) in [7, 11) is 0. The van der Waals surface area contributed by atoms with E-state index in [1.165, 1.54) is 11.9 Å². The molecule has 0 amide bonds. The van der Waals surface area contributed by atoms with E-state index in [1.807, 2.05) is 18.2 Å². The summed E-state index contributed by atoms with van der Waals surface area (Å²) in [5.74, 6) is 0.811. The number of nitrogens with one attached hydrogen (secondary N) is 1. The molecule has 0 saturated heterocycles. The lowest BCUT2D eigenvalue weighted by molar-refractivity contribution is 1.17. The third-order valence-electron chi connectivity index (χ3n) is 1.87. The molecule has 0 fully saturated rings. The molecular formula is C11H11N3. The Balaban J connectivity index is 2.19. The van der Waals surface area contributed by atoms with Gasteiger partial charge in [0.25, 0.3) is 0 Å². The van der Waals surface area contributed by atoms with Crippen LogP contribution >= 0.6 is 0 Å². The molecule has 2 rings (SSSR count). The first kappa shape index (κ1) is 8.69. The lowest BCUT2D eigenvalue weighted by atomic mass is 10.2. The minimum atomic E-state index is 0.811. The Hall–Kier alpha value is -1.90. The van der Waals surface area contributed by atoms with Crippen LogP contribution in [0.4, 0.5) is 11.5 Å². The van der Waals surface area contributed by atoms with Gasteiger partial charge in [0.15, 0.2) is 0 Å². The van der Waals surface area contributed by atoms with E-state index >= 15 is 0 Å². The Labute approximate surface area is 82.8 Å². The van der Waals surface area contributed by atoms with Crippen molar-refractivity contribution in [3.8, 4) is 0 Å². The smallest absolute Gasteiger partial charge is 0.133 e. The van der Waals surface area contributed by atoms with E-state index in [0.29, 0.717) is 0 Å². The molecule has 0 aliphatic rings. The van der Waals surface area contributed by atoms with Gasteiger partial charge in [-0.15, -0.1) is 0 Å². The second-order valence-electron chi connectivity index (χ2n) is 3.09. The van der Waals surface area contributed by atoms with Crippen molar-refractivity contribution in [1.82, 2.24) is 9.97 Å². The van der Waals surface area contributed by atoms with Crippen molar-refractivity contribution in [2.75, 3.05) is 5.32 Å². The maximum absolute atomic E-state index is 4.08. The molecule has 3 nitrogen and oxygen atoms in total. The van der Waals surface area contributed by atoms with Gasteiger partial charge in [-0.05, 0) is 30.7 Å². The van der Waals surface area contributed by atoms with E-state index in [0.717, 1.165) is 11.5 Å². The summed E-state index contributed by atoms with van der Waals surface area (Å²) in [5, 5.41) is 3.19. The summed E-state index contributed by atoms with van der Waals surface area (Å²) in [4.78, 5) is 7.93. The predicted octanol–water partition coefficient (Wildman–Crippen LogP) is 2.53. The fourth-order valence-electron chi connectivity index (χ4n) is 1.24. The van der Waals surface area contributed by atoms with Crippen molar-refractivity contribution in [2.24, 2.45) is 0 Å². The summed E-state index contributed by atoms with van der Waals surface area (Å²) in [6.45, 7) is 2.06. The zero-order chi connectivity index (χ0) is 9.80. The van der Waals surface area contributed by atoms with Crippen LogP contribution in [0.2, 0.25) is 0 Å². The monoisotopic (exact) mass is 185 g/mol. The van der Waals surface area contributed by atoms with Gasteiger partial charge in [-0.3, -0.25) is 0 Å². The van der Waals surface area contributed by atoms with Crippen molar-refractivity contribution in [3.05, 3.63) is 48.4 Å². The normalized spacial score (nSPS) is 9.79. The van der Waals surface area contributed by atoms with Crippen LogP contribution in [0.3, 0.4) is 0 Å². The Bertz CT molecular complexity index is 412. The largest absolute Gasteiger partial charge is 0.340 e. The highest BCUT2D eigenvalue weighted by atomic mass is 15.0. The molecule has 14 heavy (non-hydrogen) atoms. The quantitative estimate of drug-likeness (QED) is 0.781. The van der Waals surface area contributed by atoms with Crippen molar-refractivity contribution in [1.29, 1.82) is 0 Å². The fraction of sp³-hybridized carbons (Fsp3) is 0.0909. The molecule has 0 bridgehead atoms. The molecule has 70 valence electrons. The molecular weight excluding hydrogens is 174 g/mol. The molecule has 0 radical (unpaired) electrons. The van der Waals surface area contributed by atoms with Gasteiger partial charge in [-0.25, -0.2) is 9.97 Å². The van der Waals surface area contributed by atoms with E-state index in [9.17, 15) is 0 Å². The Morgan fingerprint density at radius 2 is 2.14 bits per heavy atom. The summed E-state index contributed by atoms with van der Waals surface area (Å²) in [6.07, 6.45) is 3.24. The van der Waals surface area contributed by atoms with Crippen LogP contribution in [0, 0.1) is 6.92 Å². The van der Waals surface area contributed by atoms with Gasteiger partial charge in [0.2, 0.25) is 0 Å². The predicted molar refractivity (Wildman–Crippen MR) is 56.5 cm³/mol. The van der Waals surface area contributed by atoms with Crippen molar-refractivity contribution in [3.63, 3.8) is 0 Å². The van der Waals surface area contributed by atoms with Crippen LogP contribution in [-0.4, -0.2) is 9.97 Å². The van der Waals surface area contributed by atoms with Crippen LogP contribution in [0.1, 0.15) is 5.56 Å². The Morgan fingerprint density at radius 1 is 1.21 bits per heavy atom. The highest BCUT2D eigenvalue weighted by molar-refractivity contribution is 5.56. The fourth-order valence-corrected chi connectivity index (χ4v) is 1.24. The van der Waals surface area contributed by atoms with E-state index in [2.05, 4.69) is 34.3 Å². The second kappa shape index (κ2) is 3.87. The van der Waals surface area contributed by atoms with Gasteiger partial charge in [0.05, 0.1) is 0 Å². The number of benzene rings is 1. The molecule has 0 saturated carbocycles. The standard InChI is InChI=1S/C11H11N3/c1-9-3-2-4-10(7-9)14-11-5-6-12-8-13-11/h2-8H,1H3,(H,12,13,14). The van der Waals surface area contributed by atoms with E-state index in [-0.39, 0.29) is 0 Å². The molecule has 1 aromatic heterocycles. The minimum Gasteiger partial charge on any atom is -0.340 e. The van der Waals surface area contributed by atoms with Crippen LogP contribution in [0.15, 0.2) is 42.9 Å². The molecule has 3 heteroatoms. The number of nitrogens with zero attached hydrogens (tertiary/aromatic N) is 2. The Kier molecular flexibility index (Phi) is 2.40. The summed E-state index contributed by atoms with van der Waals surface area (Å²) >= 11 is 0. The number of aryl methyl sites for hydroxylation is 1. The third-order valence-corrected chi connectivity index (χ3v) is 1.87. The summed E-state index contributed by atoms with van der Waals surface area (Å²) in [6, 6.07) is 9.99. The summed E-state index contributed by atoms with van der Waals surface area (Å²) in [5.41, 5.74) is 2.27. The number of rotatable bonds is 2. The zero-order valence-corrected chi connectivity index (χ0v) is 7.94. The SMILES string of the molecule is Cc1cccc(Nc2ccncn2)c1. The maximum Gasteiger partial charge on any atom is 0.133 e. The summed E-state index contributed by atoms with van der Waals surface area (Å²) < 4.78 is 0. The van der Waals surface area contributed by atoms with Crippen LogP contribution in [-0.2, 0) is 0 Å². The Morgan fingerprint density at radius 3 is 2.86 bits per heavy atom. The first-order chi connectivity index (χ1) is 6.84. The average molecular weight is 185 g/mol. The third kappa shape index (κ3) is 2.07. The lowest BCUT2D eigenvalue weighted by Crippen LogP contribution is -1.93. The first-order valence-corrected chi connectivity index (χ1v) is 4.44. The van der Waals surface area contributed by atoms with Crippen LogP contribution in [0.25, 0.3) is 0 Å². The molecule has 0 aliphatic heterocycles. The number of aromatic nitrogens is 2. The molecule has 0 spiro atoms. The van der Waals surface area contributed by atoms with Crippen LogP contribution < -0.4 is 5.32 Å². The molecule has 2 aromatic rings. The maximum atomic E-state index is 4.08. The van der Waals surface area contributed by atoms with Gasteiger partial charge in [0.1, 0.15) is 12.1 Å². The van der Waals surface area contributed by atoms with E-state index < -0.39 is 0 Å². The molecule has 1 N–H and O–H groups in total. The second-order valence-corrected chi connectivity index (χ2v) is 3.09. The zero-order valence-electron chi connectivity index (χ0n) is 7.94. The van der Waals surface area contributed by atoms with E-state index in [1.54, 1.807) is 6.20 Å². The van der Waals surface area contributed by atoms with Gasteiger partial charge in [0, 0.05) is 11.9 Å². The minimum absolute atomic E-state index is 0.811. The number of hydrogen-bond donors (Lipinski definition) is 1. The topological polar surface area (TPSA) is 37.8 Å². The molecule has 0 aliphatic carbocycles. The van der Waals surface area contributed by atoms with Gasteiger partial charge < -0.3 is 5.32 Å². The van der Waals surface area contributed by atoms with E-state index in [4.69, 9.17) is 0 Å². The molecule has 1 aromatic carbocycles. The molecule has 0 unspecified atom stereocenters. The van der Waals surface area contributed by atoms with Gasteiger partial charge in [-0.1, -0.05) is 12.1 Å². The number of hydrogen-bond acceptors (Lipinski definition) is 3. The average Bonchev–Trinajstić information content (AvgIpc) is 2.19. The van der Waals surface area contributed by atoms with Gasteiger partial charge >= 0.3 is 0 Å². The highest BCUT2D eigenvalue weighted by Crippen LogP contribution is 2.14. The molecule has 0 atom stereocenters.